The molecule has 230 valence electrons. The summed E-state index contributed by atoms with van der Waals surface area (Å²) in [5.41, 5.74) is 8.00. The molecule has 0 saturated heterocycles. The number of benzene rings is 7. The normalized spacial score (nSPS) is 14.6. The third-order valence-corrected chi connectivity index (χ3v) is 11.1. The van der Waals surface area contributed by atoms with Crippen LogP contribution in [0.15, 0.2) is 140 Å². The van der Waals surface area contributed by atoms with Crippen molar-refractivity contribution in [3.8, 4) is 45.3 Å². The Morgan fingerprint density at radius 2 is 0.917 bits per heavy atom. The van der Waals surface area contributed by atoms with Gasteiger partial charge in [-0.2, -0.15) is 0 Å². The lowest BCUT2D eigenvalue weighted by molar-refractivity contribution is 0.299. The Hall–Kier alpha value is -5.67. The van der Waals surface area contributed by atoms with Crippen molar-refractivity contribution in [2.75, 3.05) is 0 Å². The molecule has 1 aliphatic carbocycles. The fourth-order valence-corrected chi connectivity index (χ4v) is 7.69. The highest BCUT2D eigenvalue weighted by molar-refractivity contribution is 6.13. The van der Waals surface area contributed by atoms with Gasteiger partial charge in [0, 0.05) is 16.7 Å². The van der Waals surface area contributed by atoms with Gasteiger partial charge >= 0.3 is 0 Å². The number of fused-ring (bicyclic) bond motifs is 8. The lowest BCUT2D eigenvalue weighted by Crippen LogP contribution is -2.43. The van der Waals surface area contributed by atoms with Gasteiger partial charge in [-0.15, -0.1) is 0 Å². The van der Waals surface area contributed by atoms with Gasteiger partial charge in [0.15, 0.2) is 17.5 Å². The molecule has 0 fully saturated rings. The molecule has 0 atom stereocenters. The van der Waals surface area contributed by atoms with Gasteiger partial charge in [-0.3, -0.25) is 0 Å². The van der Waals surface area contributed by atoms with Gasteiger partial charge in [0.2, 0.25) is 0 Å². The Kier molecular flexibility index (Phi) is 6.20. The molecule has 0 unspecified atom stereocenters. The summed E-state index contributed by atoms with van der Waals surface area (Å²) >= 11 is 0. The molecular weight excluding hydrogens is 583 g/mol. The molecule has 0 N–H and O–H groups in total. The van der Waals surface area contributed by atoms with Crippen LogP contribution in [-0.2, 0) is 10.8 Å². The molecule has 0 spiro atoms. The highest BCUT2D eigenvalue weighted by Crippen LogP contribution is 2.56. The van der Waals surface area contributed by atoms with Crippen LogP contribution in [0, 0.1) is 0 Å². The topological polar surface area (TPSA) is 38.7 Å². The van der Waals surface area contributed by atoms with Crippen molar-refractivity contribution in [1.82, 2.24) is 15.0 Å². The number of aromatic nitrogens is 3. The summed E-state index contributed by atoms with van der Waals surface area (Å²) in [5.74, 6) is 2.01. The van der Waals surface area contributed by atoms with Crippen LogP contribution in [0.4, 0.5) is 0 Å². The van der Waals surface area contributed by atoms with Crippen molar-refractivity contribution < 1.29 is 0 Å². The van der Waals surface area contributed by atoms with Crippen molar-refractivity contribution in [1.29, 1.82) is 0 Å². The molecule has 0 amide bonds. The Balaban J connectivity index is 1.30. The van der Waals surface area contributed by atoms with E-state index >= 15 is 0 Å². The second kappa shape index (κ2) is 10.4. The predicted octanol–water partition coefficient (Wildman–Crippen LogP) is 11.6. The minimum atomic E-state index is -0.108. The van der Waals surface area contributed by atoms with E-state index in [9.17, 15) is 0 Å². The average Bonchev–Trinajstić information content (AvgIpc) is 3.13. The zero-order valence-electron chi connectivity index (χ0n) is 27.6. The van der Waals surface area contributed by atoms with Gasteiger partial charge in [0.1, 0.15) is 0 Å². The monoisotopic (exact) mass is 617 g/mol. The fourth-order valence-electron chi connectivity index (χ4n) is 7.69. The average molecular weight is 618 g/mol. The Morgan fingerprint density at radius 1 is 0.375 bits per heavy atom. The van der Waals surface area contributed by atoms with Crippen LogP contribution >= 0.6 is 0 Å². The second-order valence-corrected chi connectivity index (χ2v) is 14.1. The molecule has 9 rings (SSSR count). The van der Waals surface area contributed by atoms with E-state index in [2.05, 4.69) is 149 Å². The molecule has 1 aliphatic rings. The van der Waals surface area contributed by atoms with Crippen LogP contribution < -0.4 is 0 Å². The molecular formula is C45H35N3. The highest BCUT2D eigenvalue weighted by Gasteiger charge is 2.46. The summed E-state index contributed by atoms with van der Waals surface area (Å²) in [6.07, 6.45) is 0. The van der Waals surface area contributed by atoms with Crippen molar-refractivity contribution in [3.05, 3.63) is 151 Å². The molecule has 0 aliphatic heterocycles. The zero-order chi connectivity index (χ0) is 32.6. The van der Waals surface area contributed by atoms with Crippen molar-refractivity contribution in [2.45, 2.75) is 38.5 Å². The number of hydrogen-bond acceptors (Lipinski definition) is 3. The molecule has 0 radical (unpaired) electrons. The highest BCUT2D eigenvalue weighted by atomic mass is 15.0. The summed E-state index contributed by atoms with van der Waals surface area (Å²) in [7, 11) is 0. The van der Waals surface area contributed by atoms with E-state index in [1.165, 1.54) is 49.2 Å². The molecule has 3 heteroatoms. The molecule has 48 heavy (non-hydrogen) atoms. The minimum Gasteiger partial charge on any atom is -0.208 e. The van der Waals surface area contributed by atoms with E-state index in [0.717, 1.165) is 22.1 Å². The Labute approximate surface area is 281 Å². The van der Waals surface area contributed by atoms with Gasteiger partial charge < -0.3 is 0 Å². The Bertz CT molecular complexity index is 2560. The van der Waals surface area contributed by atoms with Crippen molar-refractivity contribution in [3.63, 3.8) is 0 Å². The molecule has 3 nitrogen and oxygen atoms in total. The quantitative estimate of drug-likeness (QED) is 0.185. The van der Waals surface area contributed by atoms with E-state index < -0.39 is 0 Å². The van der Waals surface area contributed by atoms with E-state index in [0.29, 0.717) is 17.5 Å². The summed E-state index contributed by atoms with van der Waals surface area (Å²) in [5, 5.41) is 7.46. The summed E-state index contributed by atoms with van der Waals surface area (Å²) in [6, 6.07) is 49.9. The van der Waals surface area contributed by atoms with Crippen LogP contribution in [-0.4, -0.2) is 15.0 Å². The maximum Gasteiger partial charge on any atom is 0.164 e. The smallest absolute Gasteiger partial charge is 0.164 e. The first-order chi connectivity index (χ1) is 23.3. The first-order valence-corrected chi connectivity index (χ1v) is 16.7. The van der Waals surface area contributed by atoms with E-state index in [1.807, 2.05) is 18.2 Å². The fraction of sp³-hybridized carbons (Fsp3) is 0.133. The lowest BCUT2D eigenvalue weighted by Gasteiger charge is -2.48. The molecule has 1 heterocycles. The van der Waals surface area contributed by atoms with Gasteiger partial charge in [0.05, 0.1) is 0 Å². The van der Waals surface area contributed by atoms with E-state index in [1.54, 1.807) is 0 Å². The second-order valence-electron chi connectivity index (χ2n) is 14.1. The Morgan fingerprint density at radius 3 is 1.69 bits per heavy atom. The van der Waals surface area contributed by atoms with Crippen LogP contribution in [0.1, 0.15) is 38.8 Å². The maximum atomic E-state index is 5.16. The van der Waals surface area contributed by atoms with Gasteiger partial charge in [-0.1, -0.05) is 155 Å². The van der Waals surface area contributed by atoms with Crippen molar-refractivity contribution >= 4 is 32.3 Å². The van der Waals surface area contributed by atoms with E-state index in [4.69, 9.17) is 15.0 Å². The number of hydrogen-bond donors (Lipinski definition) is 0. The minimum absolute atomic E-state index is 0.0897. The first-order valence-electron chi connectivity index (χ1n) is 16.7. The molecule has 8 aromatic rings. The molecule has 0 saturated carbocycles. The first kappa shape index (κ1) is 28.5. The molecule has 1 aromatic heterocycles. The van der Waals surface area contributed by atoms with Crippen LogP contribution in [0.25, 0.3) is 77.6 Å². The SMILES string of the molecule is CC1(C)c2ccc(-c3nc(-c4ccccc4)nc(-c4ccc5ccccc5c4)n3)cc2-c2c(ccc3c2ccc2ccccc23)C1(C)C. The van der Waals surface area contributed by atoms with E-state index in [-0.39, 0.29) is 10.8 Å². The molecule has 0 bridgehead atoms. The molecule has 7 aromatic carbocycles. The summed E-state index contributed by atoms with van der Waals surface area (Å²) in [6.45, 7) is 9.55. The predicted molar refractivity (Wildman–Crippen MR) is 200 cm³/mol. The van der Waals surface area contributed by atoms with Crippen LogP contribution in [0.3, 0.4) is 0 Å². The lowest BCUT2D eigenvalue weighted by atomic mass is 9.55. The van der Waals surface area contributed by atoms with Crippen LogP contribution in [0.5, 0.6) is 0 Å². The number of rotatable bonds is 3. The maximum absolute atomic E-state index is 5.16. The third-order valence-electron chi connectivity index (χ3n) is 11.1. The third kappa shape index (κ3) is 4.24. The largest absolute Gasteiger partial charge is 0.208 e. The zero-order valence-corrected chi connectivity index (χ0v) is 27.6. The standard InChI is InChI=1S/C45H35N3/c1-44(2)38-24-21-33(27-37(38)40-36-22-20-29-13-10-11-17-34(29)35(36)23-25-39(40)45(44,3)4)43-47-41(30-14-6-5-7-15-30)46-42(48-43)32-19-18-28-12-8-9-16-31(28)26-32/h5-27H,1-4H3. The van der Waals surface area contributed by atoms with Crippen LogP contribution in [0.2, 0.25) is 0 Å². The number of nitrogens with zero attached hydrogens (tertiary/aromatic N) is 3. The van der Waals surface area contributed by atoms with Gasteiger partial charge in [0.25, 0.3) is 0 Å². The van der Waals surface area contributed by atoms with Gasteiger partial charge in [-0.05, 0) is 77.5 Å². The summed E-state index contributed by atoms with van der Waals surface area (Å²) in [4.78, 5) is 15.3. The van der Waals surface area contributed by atoms with Gasteiger partial charge in [-0.25, -0.2) is 15.0 Å². The summed E-state index contributed by atoms with van der Waals surface area (Å²) < 4.78 is 0. The van der Waals surface area contributed by atoms with Crippen molar-refractivity contribution in [2.24, 2.45) is 0 Å².